The third-order valence-electron chi connectivity index (χ3n) is 1.35. The van der Waals surface area contributed by atoms with E-state index < -0.39 is 0 Å². The molecule has 0 fully saturated rings. The van der Waals surface area contributed by atoms with Gasteiger partial charge in [-0.2, -0.15) is 5.48 Å². The number of esters is 1. The van der Waals surface area contributed by atoms with Gasteiger partial charge in [0.15, 0.2) is 0 Å². The Morgan fingerprint density at radius 3 is 2.71 bits per heavy atom. The van der Waals surface area contributed by atoms with Gasteiger partial charge in [0.05, 0.1) is 12.7 Å². The number of carbonyl (C=O) groups excluding carboxylic acids is 1. The summed E-state index contributed by atoms with van der Waals surface area (Å²) in [6, 6.07) is 0. The lowest BCUT2D eigenvalue weighted by Gasteiger charge is -2.08. The van der Waals surface area contributed by atoms with E-state index in [0.717, 1.165) is 0 Å². The molecule has 0 aliphatic rings. The Labute approximate surface area is 84.3 Å². The summed E-state index contributed by atoms with van der Waals surface area (Å²) in [5, 5.41) is 8.46. The number of ether oxygens (including phenoxy) is 1. The lowest BCUT2D eigenvalue weighted by atomic mass is 10.3. The number of unbranched alkanes of at least 4 members (excludes halogenated alkanes) is 1. The van der Waals surface area contributed by atoms with Crippen molar-refractivity contribution >= 4 is 5.97 Å². The van der Waals surface area contributed by atoms with Gasteiger partial charge in [-0.15, -0.1) is 0 Å². The van der Waals surface area contributed by atoms with E-state index in [1.165, 1.54) is 0 Å². The summed E-state index contributed by atoms with van der Waals surface area (Å²) in [7, 11) is 0. The SMILES string of the molecule is CC(C)ONCC(=O)OCCCCO. The van der Waals surface area contributed by atoms with Gasteiger partial charge in [0.2, 0.25) is 0 Å². The highest BCUT2D eigenvalue weighted by Gasteiger charge is 2.02. The van der Waals surface area contributed by atoms with Crippen LogP contribution in [0, 0.1) is 0 Å². The van der Waals surface area contributed by atoms with Gasteiger partial charge in [-0.05, 0) is 26.7 Å². The fraction of sp³-hybridized carbons (Fsp3) is 0.889. The van der Waals surface area contributed by atoms with Crippen LogP contribution < -0.4 is 5.48 Å². The van der Waals surface area contributed by atoms with E-state index in [1.807, 2.05) is 13.8 Å². The molecule has 0 radical (unpaired) electrons. The average Bonchev–Trinajstić information content (AvgIpc) is 2.12. The largest absolute Gasteiger partial charge is 0.465 e. The van der Waals surface area contributed by atoms with Crippen molar-refractivity contribution < 1.29 is 19.5 Å². The third kappa shape index (κ3) is 9.44. The molecule has 0 amide bonds. The summed E-state index contributed by atoms with van der Waals surface area (Å²) in [6.45, 7) is 4.26. The van der Waals surface area contributed by atoms with Crippen LogP contribution in [0.3, 0.4) is 0 Å². The molecule has 0 saturated carbocycles. The van der Waals surface area contributed by atoms with E-state index in [2.05, 4.69) is 5.48 Å². The van der Waals surface area contributed by atoms with Crippen LogP contribution in [0.4, 0.5) is 0 Å². The minimum atomic E-state index is -0.344. The first-order chi connectivity index (χ1) is 6.66. The number of hydrogen-bond acceptors (Lipinski definition) is 5. The molecule has 0 atom stereocenters. The zero-order valence-electron chi connectivity index (χ0n) is 8.78. The van der Waals surface area contributed by atoms with Crippen molar-refractivity contribution in [1.29, 1.82) is 0 Å². The maximum atomic E-state index is 11.0. The van der Waals surface area contributed by atoms with Crippen molar-refractivity contribution in [3.05, 3.63) is 0 Å². The van der Waals surface area contributed by atoms with Crippen LogP contribution in [0.1, 0.15) is 26.7 Å². The average molecular weight is 205 g/mol. The number of aliphatic hydroxyl groups is 1. The van der Waals surface area contributed by atoms with Gasteiger partial charge in [0, 0.05) is 6.61 Å². The summed E-state index contributed by atoms with van der Waals surface area (Å²) in [4.78, 5) is 15.9. The topological polar surface area (TPSA) is 67.8 Å². The number of hydrogen-bond donors (Lipinski definition) is 2. The zero-order chi connectivity index (χ0) is 10.8. The molecule has 2 N–H and O–H groups in total. The smallest absolute Gasteiger partial charge is 0.322 e. The molecule has 0 aromatic rings. The lowest BCUT2D eigenvalue weighted by molar-refractivity contribution is -0.146. The lowest BCUT2D eigenvalue weighted by Crippen LogP contribution is -2.27. The van der Waals surface area contributed by atoms with Crippen molar-refractivity contribution in [3.8, 4) is 0 Å². The Bertz CT molecular complexity index is 150. The van der Waals surface area contributed by atoms with Crippen molar-refractivity contribution in [2.75, 3.05) is 19.8 Å². The van der Waals surface area contributed by atoms with Gasteiger partial charge in [-0.25, -0.2) is 0 Å². The fourth-order valence-electron chi connectivity index (χ4n) is 0.718. The first-order valence-electron chi connectivity index (χ1n) is 4.81. The first-order valence-corrected chi connectivity index (χ1v) is 4.81. The zero-order valence-corrected chi connectivity index (χ0v) is 8.78. The Balaban J connectivity index is 3.20. The molecule has 0 heterocycles. The normalized spacial score (nSPS) is 10.6. The Morgan fingerprint density at radius 2 is 2.14 bits per heavy atom. The van der Waals surface area contributed by atoms with E-state index in [4.69, 9.17) is 14.7 Å². The maximum absolute atomic E-state index is 11.0. The van der Waals surface area contributed by atoms with Crippen LogP contribution in [0.25, 0.3) is 0 Å². The van der Waals surface area contributed by atoms with E-state index in [-0.39, 0.29) is 25.2 Å². The molecule has 14 heavy (non-hydrogen) atoms. The predicted molar refractivity (Wildman–Crippen MR) is 51.5 cm³/mol. The molecule has 5 heteroatoms. The number of carbonyl (C=O) groups is 1. The highest BCUT2D eigenvalue weighted by atomic mass is 16.7. The summed E-state index contributed by atoms with van der Waals surface area (Å²) in [5.74, 6) is -0.344. The molecule has 0 saturated heterocycles. The second-order valence-electron chi connectivity index (χ2n) is 3.14. The van der Waals surface area contributed by atoms with Crippen molar-refractivity contribution in [2.45, 2.75) is 32.8 Å². The molecular formula is C9H19NO4. The van der Waals surface area contributed by atoms with Gasteiger partial charge in [0.1, 0.15) is 6.54 Å². The molecule has 0 rings (SSSR count). The molecule has 0 spiro atoms. The quantitative estimate of drug-likeness (QED) is 0.337. The molecule has 0 bridgehead atoms. The summed E-state index contributed by atoms with van der Waals surface area (Å²) >= 11 is 0. The monoisotopic (exact) mass is 205 g/mol. The standard InChI is InChI=1S/C9H19NO4/c1-8(2)14-10-7-9(12)13-6-4-3-5-11/h8,10-11H,3-7H2,1-2H3. The third-order valence-corrected chi connectivity index (χ3v) is 1.35. The predicted octanol–water partition coefficient (Wildman–Crippen LogP) is 0.232. The van der Waals surface area contributed by atoms with Crippen molar-refractivity contribution in [1.82, 2.24) is 5.48 Å². The van der Waals surface area contributed by atoms with Crippen LogP contribution in [0.5, 0.6) is 0 Å². The number of rotatable bonds is 8. The molecule has 5 nitrogen and oxygen atoms in total. The Morgan fingerprint density at radius 1 is 1.43 bits per heavy atom. The van der Waals surface area contributed by atoms with Crippen molar-refractivity contribution in [3.63, 3.8) is 0 Å². The molecule has 0 aromatic heterocycles. The molecule has 84 valence electrons. The van der Waals surface area contributed by atoms with Gasteiger partial charge >= 0.3 is 5.97 Å². The van der Waals surface area contributed by atoms with Gasteiger partial charge in [-0.3, -0.25) is 9.63 Å². The Hall–Kier alpha value is -0.650. The van der Waals surface area contributed by atoms with Crippen LogP contribution in [-0.2, 0) is 14.4 Å². The molecular weight excluding hydrogens is 186 g/mol. The summed E-state index contributed by atoms with van der Waals surface area (Å²) < 4.78 is 4.83. The number of nitrogens with one attached hydrogen (secondary N) is 1. The molecule has 0 unspecified atom stereocenters. The second-order valence-corrected chi connectivity index (χ2v) is 3.14. The van der Waals surface area contributed by atoms with Crippen LogP contribution >= 0.6 is 0 Å². The van der Waals surface area contributed by atoms with Crippen LogP contribution in [0.2, 0.25) is 0 Å². The number of hydroxylamine groups is 1. The maximum Gasteiger partial charge on any atom is 0.322 e. The second kappa shape index (κ2) is 8.93. The highest BCUT2D eigenvalue weighted by molar-refractivity contribution is 5.71. The van der Waals surface area contributed by atoms with E-state index in [0.29, 0.717) is 19.4 Å². The van der Waals surface area contributed by atoms with Crippen molar-refractivity contribution in [2.24, 2.45) is 0 Å². The van der Waals surface area contributed by atoms with Crippen LogP contribution in [0.15, 0.2) is 0 Å². The minimum Gasteiger partial charge on any atom is -0.465 e. The van der Waals surface area contributed by atoms with Gasteiger partial charge < -0.3 is 9.84 Å². The van der Waals surface area contributed by atoms with Gasteiger partial charge in [0.25, 0.3) is 0 Å². The molecule has 0 aliphatic carbocycles. The van der Waals surface area contributed by atoms with E-state index >= 15 is 0 Å². The summed E-state index contributed by atoms with van der Waals surface area (Å²) in [6.07, 6.45) is 1.38. The molecule has 0 aliphatic heterocycles. The van der Waals surface area contributed by atoms with Crippen LogP contribution in [-0.4, -0.2) is 36.9 Å². The number of aliphatic hydroxyl groups excluding tert-OH is 1. The van der Waals surface area contributed by atoms with E-state index in [9.17, 15) is 4.79 Å². The first kappa shape index (κ1) is 13.4. The molecule has 0 aromatic carbocycles. The summed E-state index contributed by atoms with van der Waals surface area (Å²) in [5.41, 5.74) is 2.50. The van der Waals surface area contributed by atoms with E-state index in [1.54, 1.807) is 0 Å². The fourth-order valence-corrected chi connectivity index (χ4v) is 0.718. The minimum absolute atomic E-state index is 0.0391. The highest BCUT2D eigenvalue weighted by Crippen LogP contribution is 1.89. The Kier molecular flexibility index (Phi) is 8.51. The van der Waals surface area contributed by atoms with Gasteiger partial charge in [-0.1, -0.05) is 0 Å².